The van der Waals surface area contributed by atoms with Gasteiger partial charge in [-0.2, -0.15) is 0 Å². The average molecular weight is 220 g/mol. The maximum atomic E-state index is 10.7. The molecule has 0 aliphatic rings. The van der Waals surface area contributed by atoms with Crippen LogP contribution in [0.15, 0.2) is 12.1 Å². The highest BCUT2D eigenvalue weighted by Crippen LogP contribution is 2.34. The van der Waals surface area contributed by atoms with E-state index < -0.39 is 0 Å². The molecule has 1 aromatic carbocycles. The lowest BCUT2D eigenvalue weighted by Crippen LogP contribution is -2.06. The maximum absolute atomic E-state index is 10.7. The monoisotopic (exact) mass is 219 g/mol. The number of aromatic hydroxyl groups is 1. The standard InChI is InChI=1S/C8H7Cl2NO2/c1-4(12)11-8-6(9)2-5(13)3-7(8)10/h2-3,13H,1H3,(H,11,12). The number of nitrogens with one attached hydrogen (secondary N) is 1. The molecule has 0 fully saturated rings. The summed E-state index contributed by atoms with van der Waals surface area (Å²) < 4.78 is 0. The van der Waals surface area contributed by atoms with E-state index in [0.29, 0.717) is 5.69 Å². The summed E-state index contributed by atoms with van der Waals surface area (Å²) in [7, 11) is 0. The zero-order valence-electron chi connectivity index (χ0n) is 6.77. The second kappa shape index (κ2) is 3.85. The average Bonchev–Trinajstić information content (AvgIpc) is 1.96. The summed E-state index contributed by atoms with van der Waals surface area (Å²) in [6.07, 6.45) is 0. The molecule has 1 aromatic rings. The lowest BCUT2D eigenvalue weighted by atomic mass is 10.3. The number of halogens is 2. The van der Waals surface area contributed by atoms with E-state index in [1.54, 1.807) is 0 Å². The van der Waals surface area contributed by atoms with Gasteiger partial charge in [0.25, 0.3) is 0 Å². The molecule has 0 saturated carbocycles. The van der Waals surface area contributed by atoms with Crippen molar-refractivity contribution < 1.29 is 9.90 Å². The fourth-order valence-electron chi connectivity index (χ4n) is 0.855. The van der Waals surface area contributed by atoms with Gasteiger partial charge in [0.2, 0.25) is 5.91 Å². The number of amides is 1. The Morgan fingerprint density at radius 2 is 1.85 bits per heavy atom. The molecule has 0 bridgehead atoms. The SMILES string of the molecule is CC(=O)Nc1c(Cl)cc(O)cc1Cl. The number of carbonyl (C=O) groups excluding carboxylic acids is 1. The number of phenols is 1. The zero-order valence-corrected chi connectivity index (χ0v) is 8.28. The van der Waals surface area contributed by atoms with Crippen molar-refractivity contribution in [2.45, 2.75) is 6.92 Å². The summed E-state index contributed by atoms with van der Waals surface area (Å²) in [6, 6.07) is 2.61. The molecule has 0 heterocycles. The van der Waals surface area contributed by atoms with Crippen LogP contribution in [0.2, 0.25) is 10.0 Å². The Hall–Kier alpha value is -0.930. The number of carbonyl (C=O) groups is 1. The van der Waals surface area contributed by atoms with Gasteiger partial charge in [-0.1, -0.05) is 23.2 Å². The Bertz CT molecular complexity index is 329. The molecule has 0 atom stereocenters. The molecule has 0 aromatic heterocycles. The van der Waals surface area contributed by atoms with E-state index >= 15 is 0 Å². The van der Waals surface area contributed by atoms with Crippen LogP contribution < -0.4 is 5.32 Å². The fraction of sp³-hybridized carbons (Fsp3) is 0.125. The summed E-state index contributed by atoms with van der Waals surface area (Å²) >= 11 is 11.4. The van der Waals surface area contributed by atoms with Gasteiger partial charge in [0.1, 0.15) is 5.75 Å². The van der Waals surface area contributed by atoms with E-state index in [1.807, 2.05) is 0 Å². The maximum Gasteiger partial charge on any atom is 0.221 e. The molecule has 5 heteroatoms. The van der Waals surface area contributed by atoms with E-state index in [0.717, 1.165) is 0 Å². The third kappa shape index (κ3) is 2.50. The van der Waals surface area contributed by atoms with Crippen molar-refractivity contribution >= 4 is 34.8 Å². The summed E-state index contributed by atoms with van der Waals surface area (Å²) in [5.74, 6) is -0.307. The summed E-state index contributed by atoms with van der Waals surface area (Å²) in [6.45, 7) is 1.35. The van der Waals surface area contributed by atoms with Crippen LogP contribution in [0.5, 0.6) is 5.75 Å². The second-order valence-corrected chi connectivity index (χ2v) is 3.28. The van der Waals surface area contributed by atoms with Crippen molar-refractivity contribution in [2.75, 3.05) is 5.32 Å². The van der Waals surface area contributed by atoms with E-state index in [-0.39, 0.29) is 21.7 Å². The summed E-state index contributed by atoms with van der Waals surface area (Å²) in [5, 5.41) is 11.9. The highest BCUT2D eigenvalue weighted by Gasteiger charge is 2.08. The van der Waals surface area contributed by atoms with Crippen LogP contribution in [0.25, 0.3) is 0 Å². The molecule has 0 spiro atoms. The van der Waals surface area contributed by atoms with Crippen molar-refractivity contribution in [3.63, 3.8) is 0 Å². The molecule has 1 amide bonds. The predicted molar refractivity (Wildman–Crippen MR) is 52.4 cm³/mol. The molecule has 3 nitrogen and oxygen atoms in total. The molecule has 70 valence electrons. The van der Waals surface area contributed by atoms with Crippen molar-refractivity contribution in [1.82, 2.24) is 0 Å². The predicted octanol–water partition coefficient (Wildman–Crippen LogP) is 2.66. The lowest BCUT2D eigenvalue weighted by Gasteiger charge is -2.07. The number of anilines is 1. The third-order valence-corrected chi connectivity index (χ3v) is 1.92. The van der Waals surface area contributed by atoms with Gasteiger partial charge in [0.15, 0.2) is 0 Å². The van der Waals surface area contributed by atoms with Gasteiger partial charge in [-0.3, -0.25) is 4.79 Å². The largest absolute Gasteiger partial charge is 0.508 e. The van der Waals surface area contributed by atoms with Crippen molar-refractivity contribution in [2.24, 2.45) is 0 Å². The number of phenolic OH excluding ortho intramolecular Hbond substituents is 1. The molecule has 2 N–H and O–H groups in total. The van der Waals surface area contributed by atoms with E-state index in [1.165, 1.54) is 19.1 Å². The minimum absolute atomic E-state index is 0.0379. The van der Waals surface area contributed by atoms with E-state index in [4.69, 9.17) is 28.3 Å². The first-order valence-corrected chi connectivity index (χ1v) is 4.22. The van der Waals surface area contributed by atoms with E-state index in [9.17, 15) is 4.79 Å². The third-order valence-electron chi connectivity index (χ3n) is 1.33. The Balaban J connectivity index is 3.13. The molecule has 0 radical (unpaired) electrons. The number of rotatable bonds is 1. The quantitative estimate of drug-likeness (QED) is 0.714. The van der Waals surface area contributed by atoms with Crippen LogP contribution in [0.1, 0.15) is 6.92 Å². The smallest absolute Gasteiger partial charge is 0.221 e. The minimum atomic E-state index is -0.269. The highest BCUT2D eigenvalue weighted by molar-refractivity contribution is 6.40. The van der Waals surface area contributed by atoms with Crippen molar-refractivity contribution in [3.05, 3.63) is 22.2 Å². The molecular formula is C8H7Cl2NO2. The number of benzene rings is 1. The molecule has 0 aliphatic carbocycles. The van der Waals surface area contributed by atoms with E-state index in [2.05, 4.69) is 5.32 Å². The number of hydrogen-bond acceptors (Lipinski definition) is 2. The van der Waals surface area contributed by atoms with Gasteiger partial charge in [0, 0.05) is 19.1 Å². The van der Waals surface area contributed by atoms with Crippen LogP contribution in [-0.2, 0) is 4.79 Å². The van der Waals surface area contributed by atoms with Gasteiger partial charge in [-0.15, -0.1) is 0 Å². The molecule has 0 aliphatic heterocycles. The van der Waals surface area contributed by atoms with Gasteiger partial charge in [0.05, 0.1) is 15.7 Å². The first kappa shape index (κ1) is 10.2. The van der Waals surface area contributed by atoms with Crippen LogP contribution >= 0.6 is 23.2 Å². The lowest BCUT2D eigenvalue weighted by molar-refractivity contribution is -0.114. The van der Waals surface area contributed by atoms with Crippen LogP contribution in [-0.4, -0.2) is 11.0 Å². The van der Waals surface area contributed by atoms with Crippen LogP contribution in [0, 0.1) is 0 Å². The molecule has 1 rings (SSSR count). The minimum Gasteiger partial charge on any atom is -0.508 e. The Labute approximate surface area is 85.3 Å². The van der Waals surface area contributed by atoms with Crippen molar-refractivity contribution in [3.8, 4) is 5.75 Å². The molecule has 0 unspecified atom stereocenters. The molecule has 0 saturated heterocycles. The Morgan fingerprint density at radius 3 is 2.23 bits per heavy atom. The second-order valence-electron chi connectivity index (χ2n) is 2.47. The highest BCUT2D eigenvalue weighted by atomic mass is 35.5. The normalized spacial score (nSPS) is 9.77. The molecule has 13 heavy (non-hydrogen) atoms. The summed E-state index contributed by atoms with van der Waals surface area (Å²) in [5.41, 5.74) is 0.314. The van der Waals surface area contributed by atoms with Crippen LogP contribution in [0.4, 0.5) is 5.69 Å². The first-order valence-electron chi connectivity index (χ1n) is 3.46. The zero-order chi connectivity index (χ0) is 10.0. The number of hydrogen-bond donors (Lipinski definition) is 2. The van der Waals surface area contributed by atoms with Gasteiger partial charge >= 0.3 is 0 Å². The van der Waals surface area contributed by atoms with Crippen molar-refractivity contribution in [1.29, 1.82) is 0 Å². The fourth-order valence-corrected chi connectivity index (χ4v) is 1.43. The summed E-state index contributed by atoms with van der Waals surface area (Å²) in [4.78, 5) is 10.7. The van der Waals surface area contributed by atoms with Gasteiger partial charge in [-0.25, -0.2) is 0 Å². The Morgan fingerprint density at radius 1 is 1.38 bits per heavy atom. The first-order chi connectivity index (χ1) is 6.00. The topological polar surface area (TPSA) is 49.3 Å². The van der Waals surface area contributed by atoms with Crippen LogP contribution in [0.3, 0.4) is 0 Å². The van der Waals surface area contributed by atoms with Gasteiger partial charge in [-0.05, 0) is 0 Å². The Kier molecular flexibility index (Phi) is 3.01. The van der Waals surface area contributed by atoms with Gasteiger partial charge < -0.3 is 10.4 Å². The molecular weight excluding hydrogens is 213 g/mol.